The van der Waals surface area contributed by atoms with Gasteiger partial charge in [0.25, 0.3) is 6.47 Å². The molecule has 0 radical (unpaired) electrons. The molecule has 30 heavy (non-hydrogen) atoms. The van der Waals surface area contributed by atoms with Crippen molar-refractivity contribution in [2.75, 3.05) is 52.2 Å². The van der Waals surface area contributed by atoms with Crippen LogP contribution in [0.3, 0.4) is 0 Å². The molecule has 10 nitrogen and oxygen atoms in total. The molecule has 0 saturated carbocycles. The molecule has 0 aliphatic carbocycles. The molecule has 2 heterocycles. The van der Waals surface area contributed by atoms with E-state index in [1.165, 1.54) is 0 Å². The zero-order valence-corrected chi connectivity index (χ0v) is 17.6. The molecular weight excluding hydrogens is 414 g/mol. The molecule has 2 amide bonds. The van der Waals surface area contributed by atoms with Gasteiger partial charge in [-0.25, -0.2) is 13.1 Å². The lowest BCUT2D eigenvalue weighted by atomic mass is 9.73. The summed E-state index contributed by atoms with van der Waals surface area (Å²) in [4.78, 5) is 37.2. The highest BCUT2D eigenvalue weighted by molar-refractivity contribution is 7.88. The monoisotopic (exact) mass is 441 g/mol. The summed E-state index contributed by atoms with van der Waals surface area (Å²) in [6.07, 6.45) is 1.56. The van der Waals surface area contributed by atoms with Crippen LogP contribution in [0.2, 0.25) is 0 Å². The molecule has 0 aromatic heterocycles. The number of carboxylic acid groups (broad SMARTS) is 1. The summed E-state index contributed by atoms with van der Waals surface area (Å²) in [5, 5.41) is 6.89. The Hall–Kier alpha value is -2.50. The lowest BCUT2D eigenvalue weighted by Gasteiger charge is -2.51. The lowest BCUT2D eigenvalue weighted by Crippen LogP contribution is -2.67. The fraction of sp³-hybridized carbons (Fsp3) is 0.526. The third-order valence-corrected chi connectivity index (χ3v) is 5.63. The number of sulfonamides is 1. The fourth-order valence-corrected chi connectivity index (χ4v) is 3.96. The molecule has 2 saturated heterocycles. The van der Waals surface area contributed by atoms with Crippen molar-refractivity contribution < 1.29 is 32.6 Å². The number of carbonyl (C=O) groups is 3. The number of rotatable bonds is 6. The maximum absolute atomic E-state index is 13.2. The third kappa shape index (κ3) is 6.51. The SMILES string of the molecule is CS(=O)(=O)NCC(=O)N1CC(Cc2ccccc2)(C(=O)N2CCOCC2)C1.O=CO. The van der Waals surface area contributed by atoms with Gasteiger partial charge in [-0.1, -0.05) is 30.3 Å². The lowest BCUT2D eigenvalue weighted by molar-refractivity contribution is -0.163. The van der Waals surface area contributed by atoms with Crippen molar-refractivity contribution in [1.82, 2.24) is 14.5 Å². The molecule has 0 spiro atoms. The van der Waals surface area contributed by atoms with Crippen LogP contribution in [-0.2, 0) is 35.6 Å². The molecule has 2 aliphatic heterocycles. The molecule has 2 fully saturated rings. The van der Waals surface area contributed by atoms with Crippen molar-refractivity contribution in [3.05, 3.63) is 35.9 Å². The number of nitrogens with one attached hydrogen (secondary N) is 1. The Morgan fingerprint density at radius 1 is 1.17 bits per heavy atom. The van der Waals surface area contributed by atoms with Crippen LogP contribution in [0, 0.1) is 5.41 Å². The van der Waals surface area contributed by atoms with Crippen molar-refractivity contribution in [2.24, 2.45) is 5.41 Å². The average Bonchev–Trinajstić information content (AvgIpc) is 2.69. The van der Waals surface area contributed by atoms with E-state index < -0.39 is 15.4 Å². The minimum absolute atomic E-state index is 0.0368. The van der Waals surface area contributed by atoms with Gasteiger partial charge in [-0.2, -0.15) is 0 Å². The van der Waals surface area contributed by atoms with Crippen molar-refractivity contribution >= 4 is 28.3 Å². The second-order valence-electron chi connectivity index (χ2n) is 7.30. The van der Waals surface area contributed by atoms with E-state index in [1.54, 1.807) is 4.90 Å². The molecule has 2 N–H and O–H groups in total. The Bertz CT molecular complexity index is 833. The van der Waals surface area contributed by atoms with Gasteiger partial charge in [-0.15, -0.1) is 0 Å². The molecule has 0 atom stereocenters. The maximum atomic E-state index is 13.2. The van der Waals surface area contributed by atoms with E-state index in [4.69, 9.17) is 14.6 Å². The number of carbonyl (C=O) groups excluding carboxylic acids is 2. The van der Waals surface area contributed by atoms with Crippen LogP contribution < -0.4 is 4.72 Å². The smallest absolute Gasteiger partial charge is 0.290 e. The van der Waals surface area contributed by atoms with Gasteiger partial charge >= 0.3 is 0 Å². The number of hydrogen-bond donors (Lipinski definition) is 2. The van der Waals surface area contributed by atoms with E-state index in [9.17, 15) is 18.0 Å². The molecule has 166 valence electrons. The van der Waals surface area contributed by atoms with Crippen molar-refractivity contribution in [1.29, 1.82) is 0 Å². The molecule has 0 bridgehead atoms. The number of morpholine rings is 1. The quantitative estimate of drug-likeness (QED) is 0.550. The third-order valence-electron chi connectivity index (χ3n) is 4.96. The zero-order chi connectivity index (χ0) is 22.2. The molecule has 0 unspecified atom stereocenters. The van der Waals surface area contributed by atoms with Crippen LogP contribution in [-0.4, -0.2) is 93.8 Å². The minimum Gasteiger partial charge on any atom is -0.483 e. The summed E-state index contributed by atoms with van der Waals surface area (Å²) in [5.74, 6) is -0.284. The predicted octanol–water partition coefficient (Wildman–Crippen LogP) is -0.833. The van der Waals surface area contributed by atoms with Gasteiger partial charge < -0.3 is 19.6 Å². The van der Waals surface area contributed by atoms with E-state index in [2.05, 4.69) is 4.72 Å². The van der Waals surface area contributed by atoms with Gasteiger partial charge in [-0.3, -0.25) is 14.4 Å². The summed E-state index contributed by atoms with van der Waals surface area (Å²) in [5.41, 5.74) is 0.375. The normalized spacial score (nSPS) is 17.9. The Morgan fingerprint density at radius 3 is 2.27 bits per heavy atom. The summed E-state index contributed by atoms with van der Waals surface area (Å²) in [7, 11) is -3.43. The van der Waals surface area contributed by atoms with Gasteiger partial charge in [-0.05, 0) is 12.0 Å². The summed E-state index contributed by atoms with van der Waals surface area (Å²) in [6.45, 7) is 2.21. The summed E-state index contributed by atoms with van der Waals surface area (Å²) >= 11 is 0. The second kappa shape index (κ2) is 10.5. The van der Waals surface area contributed by atoms with Crippen LogP contribution in [0.1, 0.15) is 5.56 Å². The molecule has 2 aliphatic rings. The highest BCUT2D eigenvalue weighted by Gasteiger charge is 2.52. The standard InChI is InChI=1S/C18H25N3O5S.CH2O2/c1-27(24,25)19-12-16(22)21-13-18(14-21,11-15-5-3-2-4-6-15)17(23)20-7-9-26-10-8-20;2-1-3/h2-6,19H,7-14H2,1H3;1H,(H,2,3). The van der Waals surface area contributed by atoms with Gasteiger partial charge in [0, 0.05) is 26.2 Å². The number of amides is 2. The second-order valence-corrected chi connectivity index (χ2v) is 9.13. The Balaban J connectivity index is 0.00000101. The average molecular weight is 442 g/mol. The van der Waals surface area contributed by atoms with E-state index in [0.717, 1.165) is 11.8 Å². The van der Waals surface area contributed by atoms with Crippen LogP contribution in [0.4, 0.5) is 0 Å². The van der Waals surface area contributed by atoms with Crippen molar-refractivity contribution in [3.63, 3.8) is 0 Å². The van der Waals surface area contributed by atoms with Gasteiger partial charge in [0.15, 0.2) is 0 Å². The number of ether oxygens (including phenoxy) is 1. The van der Waals surface area contributed by atoms with Gasteiger partial charge in [0.2, 0.25) is 21.8 Å². The van der Waals surface area contributed by atoms with Gasteiger partial charge in [0.05, 0.1) is 31.4 Å². The Kier molecular flexibility index (Phi) is 8.33. The van der Waals surface area contributed by atoms with E-state index in [-0.39, 0.29) is 24.8 Å². The Labute approximate surface area is 175 Å². The molecule has 3 rings (SSSR count). The van der Waals surface area contributed by atoms with Crippen LogP contribution >= 0.6 is 0 Å². The molecule has 11 heteroatoms. The zero-order valence-electron chi connectivity index (χ0n) is 16.8. The summed E-state index contributed by atoms with van der Waals surface area (Å²) < 4.78 is 29.9. The predicted molar refractivity (Wildman–Crippen MR) is 108 cm³/mol. The highest BCUT2D eigenvalue weighted by atomic mass is 32.2. The largest absolute Gasteiger partial charge is 0.483 e. The highest BCUT2D eigenvalue weighted by Crippen LogP contribution is 2.36. The number of benzene rings is 1. The van der Waals surface area contributed by atoms with Crippen LogP contribution in [0.5, 0.6) is 0 Å². The van der Waals surface area contributed by atoms with Gasteiger partial charge in [0.1, 0.15) is 0 Å². The maximum Gasteiger partial charge on any atom is 0.290 e. The number of hydrogen-bond acceptors (Lipinski definition) is 6. The van der Waals surface area contributed by atoms with Crippen molar-refractivity contribution in [2.45, 2.75) is 6.42 Å². The minimum atomic E-state index is -3.43. The van der Waals surface area contributed by atoms with E-state index in [1.807, 2.05) is 35.2 Å². The fourth-order valence-electron chi connectivity index (χ4n) is 3.58. The molecule has 1 aromatic carbocycles. The van der Waals surface area contributed by atoms with Crippen LogP contribution in [0.25, 0.3) is 0 Å². The first-order valence-corrected chi connectivity index (χ1v) is 11.3. The molecular formula is C19H27N3O7S. The number of likely N-dealkylation sites (tertiary alicyclic amines) is 1. The van der Waals surface area contributed by atoms with E-state index >= 15 is 0 Å². The first-order valence-electron chi connectivity index (χ1n) is 9.42. The first-order chi connectivity index (χ1) is 14.2. The molecule has 1 aromatic rings. The summed E-state index contributed by atoms with van der Waals surface area (Å²) in [6, 6.07) is 9.74. The van der Waals surface area contributed by atoms with Crippen LogP contribution in [0.15, 0.2) is 30.3 Å². The van der Waals surface area contributed by atoms with Crippen molar-refractivity contribution in [3.8, 4) is 0 Å². The van der Waals surface area contributed by atoms with E-state index in [0.29, 0.717) is 45.8 Å². The first kappa shape index (κ1) is 23.8. The topological polar surface area (TPSA) is 133 Å². The Morgan fingerprint density at radius 2 is 1.73 bits per heavy atom. The number of nitrogens with zero attached hydrogens (tertiary/aromatic N) is 2.